The monoisotopic (exact) mass is 436 g/mol. The van der Waals surface area contributed by atoms with Crippen molar-refractivity contribution >= 4 is 11.9 Å². The molecule has 4 N–H and O–H groups in total. The van der Waals surface area contributed by atoms with E-state index < -0.39 is 0 Å². The Morgan fingerprint density at radius 1 is 0.656 bits per heavy atom. The molecule has 1 aromatic heterocycles. The summed E-state index contributed by atoms with van der Waals surface area (Å²) in [5, 5.41) is 6.56. The van der Waals surface area contributed by atoms with Gasteiger partial charge in [0.25, 0.3) is 0 Å². The van der Waals surface area contributed by atoms with Gasteiger partial charge in [-0.1, -0.05) is 60.7 Å². The van der Waals surface area contributed by atoms with E-state index in [4.69, 9.17) is 15.2 Å². The van der Waals surface area contributed by atoms with Gasteiger partial charge >= 0.3 is 0 Å². The van der Waals surface area contributed by atoms with Crippen LogP contribution in [-0.2, 0) is 22.3 Å². The van der Waals surface area contributed by atoms with Crippen molar-refractivity contribution in [3.8, 4) is 0 Å². The maximum Gasteiger partial charge on any atom is 0.227 e. The highest BCUT2D eigenvalue weighted by Gasteiger charge is 2.08. The van der Waals surface area contributed by atoms with Gasteiger partial charge < -0.3 is 25.8 Å². The van der Waals surface area contributed by atoms with E-state index in [0.29, 0.717) is 63.7 Å². The van der Waals surface area contributed by atoms with Gasteiger partial charge in [-0.25, -0.2) is 0 Å². The Hall–Kier alpha value is -3.07. The molecule has 0 unspecified atom stereocenters. The Bertz CT molecular complexity index is 896. The Balaban J connectivity index is 1.54. The molecule has 8 heteroatoms. The summed E-state index contributed by atoms with van der Waals surface area (Å²) >= 11 is 0. The zero-order valence-electron chi connectivity index (χ0n) is 18.4. The van der Waals surface area contributed by atoms with Crippen molar-refractivity contribution in [2.45, 2.75) is 12.8 Å². The molecule has 1 heterocycles. The van der Waals surface area contributed by atoms with Crippen LogP contribution in [0.3, 0.4) is 0 Å². The SMILES string of the molecule is NCCOCCOCCNc1nc(Cc2ccccc2)nc(NCCc2ccccc2)n1. The van der Waals surface area contributed by atoms with Gasteiger partial charge in [0, 0.05) is 26.1 Å². The van der Waals surface area contributed by atoms with Crippen LogP contribution in [0.1, 0.15) is 17.0 Å². The van der Waals surface area contributed by atoms with Crippen LogP contribution in [0.2, 0.25) is 0 Å². The quantitative estimate of drug-likeness (QED) is 0.312. The van der Waals surface area contributed by atoms with Crippen LogP contribution in [0.25, 0.3) is 0 Å². The Labute approximate surface area is 189 Å². The van der Waals surface area contributed by atoms with E-state index >= 15 is 0 Å². The standard InChI is InChI=1S/C24H32N6O2/c25-12-15-31-17-18-32-16-14-27-24-29-22(19-21-9-5-2-6-10-21)28-23(30-24)26-13-11-20-7-3-1-4-8-20/h1-10H,11-19,25H2,(H2,26,27,28,29,30). The Morgan fingerprint density at radius 3 is 1.91 bits per heavy atom. The summed E-state index contributed by atoms with van der Waals surface area (Å²) in [5.41, 5.74) is 7.81. The van der Waals surface area contributed by atoms with E-state index in [0.717, 1.165) is 18.5 Å². The summed E-state index contributed by atoms with van der Waals surface area (Å²) in [6.45, 7) is 4.01. The van der Waals surface area contributed by atoms with Crippen molar-refractivity contribution in [3.63, 3.8) is 0 Å². The molecule has 0 saturated heterocycles. The number of nitrogens with zero attached hydrogens (tertiary/aromatic N) is 3. The molecule has 8 nitrogen and oxygen atoms in total. The lowest BCUT2D eigenvalue weighted by Gasteiger charge is -2.11. The molecule has 3 aromatic rings. The van der Waals surface area contributed by atoms with E-state index in [1.165, 1.54) is 5.56 Å². The molecule has 0 aliphatic rings. The summed E-state index contributed by atoms with van der Waals surface area (Å²) in [7, 11) is 0. The number of ether oxygens (including phenoxy) is 2. The van der Waals surface area contributed by atoms with Crippen molar-refractivity contribution in [1.82, 2.24) is 15.0 Å². The molecule has 0 fully saturated rings. The van der Waals surface area contributed by atoms with Crippen LogP contribution < -0.4 is 16.4 Å². The van der Waals surface area contributed by atoms with Crippen molar-refractivity contribution in [3.05, 3.63) is 77.6 Å². The fourth-order valence-corrected chi connectivity index (χ4v) is 3.04. The van der Waals surface area contributed by atoms with Crippen molar-refractivity contribution in [2.75, 3.05) is 56.7 Å². The zero-order valence-corrected chi connectivity index (χ0v) is 18.4. The summed E-state index contributed by atoms with van der Waals surface area (Å²) < 4.78 is 10.9. The van der Waals surface area contributed by atoms with Gasteiger partial charge in [0.05, 0.1) is 26.4 Å². The summed E-state index contributed by atoms with van der Waals surface area (Å²) in [5.74, 6) is 1.82. The average molecular weight is 437 g/mol. The minimum absolute atomic E-state index is 0.522. The van der Waals surface area contributed by atoms with Crippen LogP contribution in [0.5, 0.6) is 0 Å². The lowest BCUT2D eigenvalue weighted by Crippen LogP contribution is -2.17. The number of anilines is 2. The van der Waals surface area contributed by atoms with Gasteiger partial charge in [-0.3, -0.25) is 0 Å². The summed E-state index contributed by atoms with van der Waals surface area (Å²) in [4.78, 5) is 13.7. The number of nitrogens with one attached hydrogen (secondary N) is 2. The normalized spacial score (nSPS) is 10.8. The minimum Gasteiger partial charge on any atom is -0.378 e. The Morgan fingerprint density at radius 2 is 1.25 bits per heavy atom. The first kappa shape index (κ1) is 23.6. The molecule has 0 saturated carbocycles. The highest BCUT2D eigenvalue weighted by Crippen LogP contribution is 2.11. The van der Waals surface area contributed by atoms with Crippen LogP contribution in [-0.4, -0.2) is 61.0 Å². The molecular weight excluding hydrogens is 404 g/mol. The largest absolute Gasteiger partial charge is 0.378 e. The molecule has 3 rings (SSSR count). The van der Waals surface area contributed by atoms with E-state index in [2.05, 4.69) is 49.9 Å². The summed E-state index contributed by atoms with van der Waals surface area (Å²) in [6.07, 6.45) is 1.53. The topological polar surface area (TPSA) is 107 Å². The number of benzene rings is 2. The number of hydrogen-bond donors (Lipinski definition) is 3. The first-order valence-corrected chi connectivity index (χ1v) is 11.0. The first-order valence-electron chi connectivity index (χ1n) is 11.0. The van der Waals surface area contributed by atoms with Gasteiger partial charge in [-0.15, -0.1) is 0 Å². The molecule has 0 aliphatic carbocycles. The highest BCUT2D eigenvalue weighted by atomic mass is 16.5. The fourth-order valence-electron chi connectivity index (χ4n) is 3.04. The van der Waals surface area contributed by atoms with Crippen LogP contribution >= 0.6 is 0 Å². The molecular formula is C24H32N6O2. The number of aromatic nitrogens is 3. The fraction of sp³-hybridized carbons (Fsp3) is 0.375. The van der Waals surface area contributed by atoms with Gasteiger partial charge in [0.15, 0.2) is 0 Å². The molecule has 0 bridgehead atoms. The predicted molar refractivity (Wildman–Crippen MR) is 127 cm³/mol. The van der Waals surface area contributed by atoms with Crippen LogP contribution in [0.4, 0.5) is 11.9 Å². The molecule has 0 atom stereocenters. The maximum atomic E-state index is 5.56. The van der Waals surface area contributed by atoms with E-state index in [1.807, 2.05) is 36.4 Å². The van der Waals surface area contributed by atoms with Crippen molar-refractivity contribution in [1.29, 1.82) is 0 Å². The van der Waals surface area contributed by atoms with Crippen LogP contribution in [0.15, 0.2) is 60.7 Å². The number of rotatable bonds is 15. The van der Waals surface area contributed by atoms with Gasteiger partial charge in [0.1, 0.15) is 5.82 Å². The molecule has 0 aliphatic heterocycles. The summed E-state index contributed by atoms with van der Waals surface area (Å²) in [6, 6.07) is 20.5. The lowest BCUT2D eigenvalue weighted by atomic mass is 10.1. The molecule has 2 aromatic carbocycles. The number of nitrogens with two attached hydrogens (primary N) is 1. The second-order valence-corrected chi connectivity index (χ2v) is 7.16. The van der Waals surface area contributed by atoms with E-state index in [9.17, 15) is 0 Å². The second kappa shape index (κ2) is 14.1. The smallest absolute Gasteiger partial charge is 0.227 e. The van der Waals surface area contributed by atoms with Crippen LogP contribution in [0, 0.1) is 0 Å². The van der Waals surface area contributed by atoms with Gasteiger partial charge in [-0.2, -0.15) is 15.0 Å². The number of hydrogen-bond acceptors (Lipinski definition) is 8. The van der Waals surface area contributed by atoms with Gasteiger partial charge in [0.2, 0.25) is 11.9 Å². The molecule has 170 valence electrons. The third-order valence-electron chi connectivity index (χ3n) is 4.59. The second-order valence-electron chi connectivity index (χ2n) is 7.16. The zero-order chi connectivity index (χ0) is 22.3. The molecule has 32 heavy (non-hydrogen) atoms. The van der Waals surface area contributed by atoms with E-state index in [1.54, 1.807) is 0 Å². The minimum atomic E-state index is 0.522. The maximum absolute atomic E-state index is 5.56. The molecule has 0 spiro atoms. The lowest BCUT2D eigenvalue weighted by molar-refractivity contribution is 0.0547. The highest BCUT2D eigenvalue weighted by molar-refractivity contribution is 5.36. The van der Waals surface area contributed by atoms with Crippen molar-refractivity contribution in [2.24, 2.45) is 5.73 Å². The first-order chi connectivity index (χ1) is 15.8. The third-order valence-corrected chi connectivity index (χ3v) is 4.59. The molecule has 0 radical (unpaired) electrons. The Kier molecular flexibility index (Phi) is 10.4. The third kappa shape index (κ3) is 8.97. The van der Waals surface area contributed by atoms with Gasteiger partial charge in [-0.05, 0) is 17.5 Å². The predicted octanol–water partition coefficient (Wildman–Crippen LogP) is 2.52. The molecule has 0 amide bonds. The van der Waals surface area contributed by atoms with Crippen molar-refractivity contribution < 1.29 is 9.47 Å². The van der Waals surface area contributed by atoms with E-state index in [-0.39, 0.29) is 0 Å². The average Bonchev–Trinajstić information content (AvgIpc) is 2.82.